The summed E-state index contributed by atoms with van der Waals surface area (Å²) in [5.41, 5.74) is 0. The molecule has 0 aliphatic rings. The summed E-state index contributed by atoms with van der Waals surface area (Å²) in [5.74, 6) is 0.723. The number of methoxy groups -OCH3 is 2. The Hall–Kier alpha value is -0.720. The van der Waals surface area contributed by atoms with Crippen LogP contribution in [0.1, 0.15) is 6.42 Å². The Bertz CT molecular complexity index is 308. The van der Waals surface area contributed by atoms with E-state index >= 15 is 0 Å². The van der Waals surface area contributed by atoms with Gasteiger partial charge in [0.2, 0.25) is 5.95 Å². The molecule has 0 aliphatic heterocycles. The normalized spacial score (nSPS) is 10.5. The van der Waals surface area contributed by atoms with Gasteiger partial charge < -0.3 is 14.4 Å². The highest BCUT2D eigenvalue weighted by atomic mass is 79.9. The molecule has 0 bridgehead atoms. The van der Waals surface area contributed by atoms with Crippen LogP contribution in [-0.2, 0) is 9.47 Å². The zero-order chi connectivity index (χ0) is 12.5. The average molecular weight is 304 g/mol. The molecule has 0 fully saturated rings. The highest BCUT2D eigenvalue weighted by molar-refractivity contribution is 9.10. The third-order valence-corrected chi connectivity index (χ3v) is 2.64. The third kappa shape index (κ3) is 5.43. The van der Waals surface area contributed by atoms with Gasteiger partial charge in [-0.3, -0.25) is 0 Å². The maximum atomic E-state index is 5.09. The Morgan fingerprint density at radius 3 is 2.35 bits per heavy atom. The fourth-order valence-electron chi connectivity index (χ4n) is 1.38. The van der Waals surface area contributed by atoms with Gasteiger partial charge in [0.15, 0.2) is 0 Å². The smallest absolute Gasteiger partial charge is 0.225 e. The predicted molar refractivity (Wildman–Crippen MR) is 70.3 cm³/mol. The fourth-order valence-corrected chi connectivity index (χ4v) is 1.59. The molecule has 1 heterocycles. The first-order valence-electron chi connectivity index (χ1n) is 5.48. The van der Waals surface area contributed by atoms with Crippen molar-refractivity contribution >= 4 is 21.9 Å². The molecule has 0 spiro atoms. The van der Waals surface area contributed by atoms with Crippen molar-refractivity contribution in [3.05, 3.63) is 16.9 Å². The number of hydrogen-bond acceptors (Lipinski definition) is 5. The monoisotopic (exact) mass is 303 g/mol. The van der Waals surface area contributed by atoms with Crippen molar-refractivity contribution in [2.45, 2.75) is 6.42 Å². The van der Waals surface area contributed by atoms with Gasteiger partial charge in [-0.2, -0.15) is 0 Å². The summed E-state index contributed by atoms with van der Waals surface area (Å²) in [6.45, 7) is 3.03. The van der Waals surface area contributed by atoms with Gasteiger partial charge >= 0.3 is 0 Å². The third-order valence-electron chi connectivity index (χ3n) is 2.23. The van der Waals surface area contributed by atoms with Crippen LogP contribution in [0.25, 0.3) is 0 Å². The van der Waals surface area contributed by atoms with Gasteiger partial charge in [-0.1, -0.05) is 0 Å². The number of halogens is 1. The van der Waals surface area contributed by atoms with Crippen molar-refractivity contribution in [3.8, 4) is 0 Å². The van der Waals surface area contributed by atoms with Gasteiger partial charge in [0, 0.05) is 46.3 Å². The van der Waals surface area contributed by atoms with E-state index in [0.717, 1.165) is 36.5 Å². The molecule has 0 saturated heterocycles. The van der Waals surface area contributed by atoms with Crippen LogP contribution < -0.4 is 4.90 Å². The van der Waals surface area contributed by atoms with Crippen LogP contribution in [0.3, 0.4) is 0 Å². The second-order valence-electron chi connectivity index (χ2n) is 3.53. The standard InChI is InChI=1S/C11H18BrN3O2/c1-16-6-3-4-15(5-7-17-2)11-13-8-10(12)9-14-11/h8-9H,3-7H2,1-2H3. The van der Waals surface area contributed by atoms with Gasteiger partial charge in [0.25, 0.3) is 0 Å². The molecule has 5 nitrogen and oxygen atoms in total. The zero-order valence-corrected chi connectivity index (χ0v) is 11.8. The van der Waals surface area contributed by atoms with Crippen LogP contribution in [0.4, 0.5) is 5.95 Å². The minimum atomic E-state index is 0.659. The highest BCUT2D eigenvalue weighted by Gasteiger charge is 2.08. The molecule has 1 aromatic heterocycles. The molecule has 0 radical (unpaired) electrons. The first-order valence-corrected chi connectivity index (χ1v) is 6.27. The van der Waals surface area contributed by atoms with Crippen LogP contribution in [0, 0.1) is 0 Å². The summed E-state index contributed by atoms with van der Waals surface area (Å²) < 4.78 is 11.0. The Balaban J connectivity index is 2.57. The van der Waals surface area contributed by atoms with Crippen molar-refractivity contribution in [3.63, 3.8) is 0 Å². The number of anilines is 1. The molecule has 0 aromatic carbocycles. The van der Waals surface area contributed by atoms with Gasteiger partial charge in [-0.05, 0) is 22.4 Å². The van der Waals surface area contributed by atoms with Crippen LogP contribution in [0.15, 0.2) is 16.9 Å². The van der Waals surface area contributed by atoms with E-state index in [4.69, 9.17) is 9.47 Å². The number of aromatic nitrogens is 2. The summed E-state index contributed by atoms with van der Waals surface area (Å²) >= 11 is 3.32. The van der Waals surface area contributed by atoms with Crippen LogP contribution >= 0.6 is 15.9 Å². The lowest BCUT2D eigenvalue weighted by atomic mass is 10.4. The molecule has 0 amide bonds. The Morgan fingerprint density at radius 2 is 1.76 bits per heavy atom. The molecule has 0 N–H and O–H groups in total. The molecular formula is C11H18BrN3O2. The lowest BCUT2D eigenvalue weighted by Crippen LogP contribution is -2.30. The molecule has 0 unspecified atom stereocenters. The minimum absolute atomic E-state index is 0.659. The van der Waals surface area contributed by atoms with Gasteiger partial charge in [0.1, 0.15) is 0 Å². The second kappa shape index (κ2) is 8.38. The first kappa shape index (κ1) is 14.3. The molecule has 6 heteroatoms. The predicted octanol–water partition coefficient (Wildman–Crippen LogP) is 1.73. The largest absolute Gasteiger partial charge is 0.385 e. The Morgan fingerprint density at radius 1 is 1.12 bits per heavy atom. The number of ether oxygens (including phenoxy) is 2. The van der Waals surface area contributed by atoms with E-state index in [0.29, 0.717) is 6.61 Å². The van der Waals surface area contributed by atoms with Crippen molar-refractivity contribution in [1.82, 2.24) is 9.97 Å². The number of nitrogens with zero attached hydrogens (tertiary/aromatic N) is 3. The van der Waals surface area contributed by atoms with Gasteiger partial charge in [-0.15, -0.1) is 0 Å². The molecule has 0 saturated carbocycles. The van der Waals surface area contributed by atoms with Gasteiger partial charge in [-0.25, -0.2) is 9.97 Å². The lowest BCUT2D eigenvalue weighted by molar-refractivity contribution is 0.190. The summed E-state index contributed by atoms with van der Waals surface area (Å²) in [7, 11) is 3.39. The zero-order valence-electron chi connectivity index (χ0n) is 10.2. The maximum absolute atomic E-state index is 5.09. The Labute approximate surface area is 110 Å². The van der Waals surface area contributed by atoms with E-state index in [9.17, 15) is 0 Å². The minimum Gasteiger partial charge on any atom is -0.385 e. The van der Waals surface area contributed by atoms with E-state index in [1.165, 1.54) is 0 Å². The van der Waals surface area contributed by atoms with Crippen molar-refractivity contribution < 1.29 is 9.47 Å². The van der Waals surface area contributed by atoms with Crippen molar-refractivity contribution in [2.24, 2.45) is 0 Å². The van der Waals surface area contributed by atoms with E-state index in [-0.39, 0.29) is 0 Å². The fraction of sp³-hybridized carbons (Fsp3) is 0.636. The van der Waals surface area contributed by atoms with E-state index in [2.05, 4.69) is 30.8 Å². The highest BCUT2D eigenvalue weighted by Crippen LogP contribution is 2.11. The molecule has 1 aromatic rings. The molecule has 96 valence electrons. The SMILES string of the molecule is COCCCN(CCOC)c1ncc(Br)cn1. The molecule has 17 heavy (non-hydrogen) atoms. The van der Waals surface area contributed by atoms with E-state index in [1.807, 2.05) is 0 Å². The molecule has 0 aliphatic carbocycles. The first-order chi connectivity index (χ1) is 8.27. The number of rotatable bonds is 8. The molecular weight excluding hydrogens is 286 g/mol. The maximum Gasteiger partial charge on any atom is 0.225 e. The van der Waals surface area contributed by atoms with Crippen LogP contribution in [-0.4, -0.2) is 50.5 Å². The van der Waals surface area contributed by atoms with Crippen molar-refractivity contribution in [1.29, 1.82) is 0 Å². The summed E-state index contributed by atoms with van der Waals surface area (Å²) in [6.07, 6.45) is 4.44. The van der Waals surface area contributed by atoms with Gasteiger partial charge in [0.05, 0.1) is 11.1 Å². The number of hydrogen-bond donors (Lipinski definition) is 0. The summed E-state index contributed by atoms with van der Waals surface area (Å²) in [5, 5.41) is 0. The average Bonchev–Trinajstić information content (AvgIpc) is 2.35. The summed E-state index contributed by atoms with van der Waals surface area (Å²) in [6, 6.07) is 0. The molecule has 1 rings (SSSR count). The summed E-state index contributed by atoms with van der Waals surface area (Å²) in [4.78, 5) is 10.7. The van der Waals surface area contributed by atoms with Crippen molar-refractivity contribution in [2.75, 3.05) is 45.4 Å². The lowest BCUT2D eigenvalue weighted by Gasteiger charge is -2.21. The van der Waals surface area contributed by atoms with E-state index in [1.54, 1.807) is 26.6 Å². The molecule has 0 atom stereocenters. The van der Waals surface area contributed by atoms with Crippen LogP contribution in [0.2, 0.25) is 0 Å². The quantitative estimate of drug-likeness (QED) is 0.685. The second-order valence-corrected chi connectivity index (χ2v) is 4.44. The van der Waals surface area contributed by atoms with Crippen LogP contribution in [0.5, 0.6) is 0 Å². The van der Waals surface area contributed by atoms with E-state index < -0.39 is 0 Å². The topological polar surface area (TPSA) is 47.5 Å². The Kier molecular flexibility index (Phi) is 7.07.